The fraction of sp³-hybridized carbons (Fsp3) is 0.300. The summed E-state index contributed by atoms with van der Waals surface area (Å²) in [6.45, 7) is 6.19. The number of para-hydroxylation sites is 1. The summed E-state index contributed by atoms with van der Waals surface area (Å²) in [4.78, 5) is 12.5. The van der Waals surface area contributed by atoms with Gasteiger partial charge in [0.25, 0.3) is 0 Å². The Morgan fingerprint density at radius 1 is 1.25 bits per heavy atom. The highest BCUT2D eigenvalue weighted by molar-refractivity contribution is 7.99. The van der Waals surface area contributed by atoms with Crippen LogP contribution in [-0.4, -0.2) is 39.0 Å². The van der Waals surface area contributed by atoms with Gasteiger partial charge in [0.2, 0.25) is 11.1 Å². The number of nitrogens with one attached hydrogen (secondary N) is 1. The van der Waals surface area contributed by atoms with Gasteiger partial charge in [0.05, 0.1) is 12.9 Å². The van der Waals surface area contributed by atoms with E-state index < -0.39 is 0 Å². The monoisotopic (exact) mass is 397 g/mol. The molecule has 8 heteroatoms. The summed E-state index contributed by atoms with van der Waals surface area (Å²) >= 11 is 1.27. The highest BCUT2D eigenvalue weighted by Crippen LogP contribution is 2.27. The van der Waals surface area contributed by atoms with Crippen molar-refractivity contribution in [2.24, 2.45) is 0 Å². The summed E-state index contributed by atoms with van der Waals surface area (Å²) in [5.74, 6) is 1.07. The van der Waals surface area contributed by atoms with Crippen molar-refractivity contribution in [3.05, 3.63) is 53.6 Å². The maximum Gasteiger partial charge on any atom is 0.234 e. The van der Waals surface area contributed by atoms with Gasteiger partial charge in [0, 0.05) is 5.69 Å². The zero-order valence-corrected chi connectivity index (χ0v) is 17.2. The van der Waals surface area contributed by atoms with Crippen molar-refractivity contribution in [3.63, 3.8) is 0 Å². The third-order valence-electron chi connectivity index (χ3n) is 4.19. The molecule has 0 radical (unpaired) electrons. The maximum atomic E-state index is 12.5. The number of ether oxygens (including phenoxy) is 1. The minimum atomic E-state index is -0.108. The third-order valence-corrected chi connectivity index (χ3v) is 5.11. The molecule has 0 aliphatic carbocycles. The molecule has 2 aromatic carbocycles. The van der Waals surface area contributed by atoms with E-state index in [9.17, 15) is 4.79 Å². The van der Waals surface area contributed by atoms with Gasteiger partial charge in [0.15, 0.2) is 0 Å². The lowest BCUT2D eigenvalue weighted by Gasteiger charge is -2.13. The zero-order chi connectivity index (χ0) is 20.1. The molecular formula is C20H23N5O2S. The molecule has 28 heavy (non-hydrogen) atoms. The van der Waals surface area contributed by atoms with Crippen LogP contribution < -0.4 is 10.1 Å². The number of benzene rings is 2. The average Bonchev–Trinajstić information content (AvgIpc) is 3.15. The van der Waals surface area contributed by atoms with Gasteiger partial charge in [-0.2, -0.15) is 4.68 Å². The molecule has 0 saturated heterocycles. The number of aryl methyl sites for hydroxylation is 1. The fourth-order valence-electron chi connectivity index (χ4n) is 2.82. The van der Waals surface area contributed by atoms with Gasteiger partial charge in [-0.3, -0.25) is 4.79 Å². The number of methoxy groups -OCH3 is 1. The van der Waals surface area contributed by atoms with Crippen LogP contribution in [0.25, 0.3) is 5.69 Å². The molecule has 1 amide bonds. The Hall–Kier alpha value is -2.87. The number of carbonyl (C=O) groups is 1. The Morgan fingerprint density at radius 2 is 2.04 bits per heavy atom. The highest BCUT2D eigenvalue weighted by Gasteiger charge is 2.16. The summed E-state index contributed by atoms with van der Waals surface area (Å²) in [6, 6.07) is 13.6. The van der Waals surface area contributed by atoms with Crippen LogP contribution >= 0.6 is 11.8 Å². The van der Waals surface area contributed by atoms with E-state index in [-0.39, 0.29) is 11.7 Å². The predicted octanol–water partition coefficient (Wildman–Crippen LogP) is 3.83. The second-order valence-corrected chi connectivity index (χ2v) is 7.57. The van der Waals surface area contributed by atoms with Crippen LogP contribution in [0.3, 0.4) is 0 Å². The van der Waals surface area contributed by atoms with Crippen LogP contribution in [0.4, 0.5) is 5.69 Å². The number of carbonyl (C=O) groups excluding carboxylic acids is 1. The van der Waals surface area contributed by atoms with Crippen LogP contribution in [0.15, 0.2) is 47.6 Å². The van der Waals surface area contributed by atoms with E-state index in [1.54, 1.807) is 11.8 Å². The largest absolute Gasteiger partial charge is 0.494 e. The van der Waals surface area contributed by atoms with Crippen molar-refractivity contribution >= 4 is 23.4 Å². The van der Waals surface area contributed by atoms with Crippen molar-refractivity contribution in [1.82, 2.24) is 20.2 Å². The van der Waals surface area contributed by atoms with Gasteiger partial charge in [0.1, 0.15) is 11.4 Å². The molecule has 0 fully saturated rings. The molecule has 7 nitrogen and oxygen atoms in total. The molecule has 1 aromatic heterocycles. The number of thioether (sulfide) groups is 1. The minimum Gasteiger partial charge on any atom is -0.494 e. The molecule has 0 bridgehead atoms. The topological polar surface area (TPSA) is 81.9 Å². The van der Waals surface area contributed by atoms with Gasteiger partial charge in [-0.1, -0.05) is 49.9 Å². The summed E-state index contributed by atoms with van der Waals surface area (Å²) in [7, 11) is 1.60. The van der Waals surface area contributed by atoms with E-state index in [4.69, 9.17) is 4.74 Å². The molecule has 0 aliphatic rings. The number of nitrogens with zero attached hydrogens (tertiary/aromatic N) is 4. The Kier molecular flexibility index (Phi) is 6.30. The highest BCUT2D eigenvalue weighted by atomic mass is 32.2. The Balaban J connectivity index is 1.73. The molecule has 3 aromatic rings. The number of tetrazole rings is 1. The number of anilines is 1. The van der Waals surface area contributed by atoms with E-state index in [0.29, 0.717) is 16.8 Å². The normalized spacial score (nSPS) is 10.9. The minimum absolute atomic E-state index is 0.108. The van der Waals surface area contributed by atoms with E-state index in [0.717, 1.165) is 22.5 Å². The first-order valence-electron chi connectivity index (χ1n) is 8.94. The third kappa shape index (κ3) is 4.51. The Labute approximate surface area is 168 Å². The van der Waals surface area contributed by atoms with Crippen LogP contribution in [0.1, 0.15) is 30.9 Å². The smallest absolute Gasteiger partial charge is 0.234 e. The molecule has 0 spiro atoms. The molecule has 146 valence electrons. The molecule has 1 heterocycles. The second kappa shape index (κ2) is 8.88. The molecule has 0 saturated carbocycles. The summed E-state index contributed by atoms with van der Waals surface area (Å²) < 4.78 is 7.00. The number of hydrogen-bond acceptors (Lipinski definition) is 6. The SMILES string of the molecule is COc1ccc(C)cc1-n1nnnc1SCC(=O)Nc1ccccc1C(C)C. The molecule has 0 unspecified atom stereocenters. The van der Waals surface area contributed by atoms with Gasteiger partial charge in [-0.25, -0.2) is 0 Å². The number of amides is 1. The lowest BCUT2D eigenvalue weighted by Crippen LogP contribution is -2.16. The Morgan fingerprint density at radius 3 is 2.79 bits per heavy atom. The van der Waals surface area contributed by atoms with Crippen molar-refractivity contribution < 1.29 is 9.53 Å². The van der Waals surface area contributed by atoms with Crippen molar-refractivity contribution in [3.8, 4) is 11.4 Å². The number of rotatable bonds is 7. The maximum absolute atomic E-state index is 12.5. The van der Waals surface area contributed by atoms with Crippen LogP contribution in [0, 0.1) is 6.92 Å². The van der Waals surface area contributed by atoms with E-state index in [1.165, 1.54) is 11.8 Å². The van der Waals surface area contributed by atoms with E-state index in [1.807, 2.05) is 49.4 Å². The lowest BCUT2D eigenvalue weighted by molar-refractivity contribution is -0.113. The molecule has 0 atom stereocenters. The first-order valence-corrected chi connectivity index (χ1v) is 9.93. The van der Waals surface area contributed by atoms with Gasteiger partial charge in [-0.05, 0) is 52.6 Å². The number of aromatic nitrogens is 4. The average molecular weight is 398 g/mol. The van der Waals surface area contributed by atoms with Crippen molar-refractivity contribution in [1.29, 1.82) is 0 Å². The Bertz CT molecular complexity index is 971. The van der Waals surface area contributed by atoms with E-state index in [2.05, 4.69) is 34.7 Å². The summed E-state index contributed by atoms with van der Waals surface area (Å²) in [5.41, 5.74) is 3.74. The molecule has 1 N–H and O–H groups in total. The second-order valence-electron chi connectivity index (χ2n) is 6.63. The van der Waals surface area contributed by atoms with Crippen LogP contribution in [0.2, 0.25) is 0 Å². The fourth-order valence-corrected chi connectivity index (χ4v) is 3.50. The van der Waals surface area contributed by atoms with Gasteiger partial charge < -0.3 is 10.1 Å². The van der Waals surface area contributed by atoms with Crippen LogP contribution in [0.5, 0.6) is 5.75 Å². The molecule has 0 aliphatic heterocycles. The van der Waals surface area contributed by atoms with Crippen LogP contribution in [-0.2, 0) is 4.79 Å². The van der Waals surface area contributed by atoms with Crippen molar-refractivity contribution in [2.75, 3.05) is 18.2 Å². The first kappa shape index (κ1) is 19.9. The predicted molar refractivity (Wildman–Crippen MR) is 110 cm³/mol. The quantitative estimate of drug-likeness (QED) is 0.610. The number of hydrogen-bond donors (Lipinski definition) is 1. The molecule has 3 rings (SSSR count). The first-order chi connectivity index (χ1) is 13.5. The van der Waals surface area contributed by atoms with Gasteiger partial charge in [-0.15, -0.1) is 5.10 Å². The van der Waals surface area contributed by atoms with E-state index >= 15 is 0 Å². The zero-order valence-electron chi connectivity index (χ0n) is 16.3. The molecular weight excluding hydrogens is 374 g/mol. The van der Waals surface area contributed by atoms with Crippen molar-refractivity contribution in [2.45, 2.75) is 31.8 Å². The lowest BCUT2D eigenvalue weighted by atomic mass is 10.0. The van der Waals surface area contributed by atoms with Gasteiger partial charge >= 0.3 is 0 Å². The summed E-state index contributed by atoms with van der Waals surface area (Å²) in [6.07, 6.45) is 0. The standard InChI is InChI=1S/C20H23N5O2S/c1-13(2)15-7-5-6-8-16(15)21-19(26)12-28-20-22-23-24-25(20)17-11-14(3)9-10-18(17)27-4/h5-11,13H,12H2,1-4H3,(H,21,26). The summed E-state index contributed by atoms with van der Waals surface area (Å²) in [5, 5.41) is 15.4.